The minimum absolute atomic E-state index is 0. The SMILES string of the molecule is C(#Cc1cccc(C#Cc2ccncc2)c1)c1ccncc1.C(#Cc1cccc(C#Cc2ccncc2)c1)c1ccncc1.C(#Cc1cccc(C#Cc2ccncc2)c1)c1ccncc1.NCCN.NCCN.NCCN.[Pd+2].[Pd+2].[Pd+2]. The molecule has 6 aromatic heterocycles. The van der Waals surface area contributed by atoms with Crippen molar-refractivity contribution in [2.45, 2.75) is 0 Å². The molecule has 0 radical (unpaired) electrons. The van der Waals surface area contributed by atoms with E-state index in [9.17, 15) is 0 Å². The summed E-state index contributed by atoms with van der Waals surface area (Å²) in [5, 5.41) is 0. The van der Waals surface area contributed by atoms with Gasteiger partial charge in [0.2, 0.25) is 0 Å². The Hall–Kier alpha value is -8.33. The molecule has 12 N–H and O–H groups in total. The summed E-state index contributed by atoms with van der Waals surface area (Å²) in [5.74, 6) is 37.6. The number of pyridine rings is 6. The van der Waals surface area contributed by atoms with Crippen LogP contribution in [0.1, 0.15) is 66.8 Å². The van der Waals surface area contributed by atoms with E-state index in [-0.39, 0.29) is 61.3 Å². The maximum atomic E-state index is 4.90. The fourth-order valence-corrected chi connectivity index (χ4v) is 5.50. The van der Waals surface area contributed by atoms with Gasteiger partial charge in [-0.3, -0.25) is 29.9 Å². The standard InChI is InChI=1S/3C20H12N2.3C2H8N2.3Pd/c3*1-2-19(6-4-17-8-12-21-13-9-17)16-20(3-1)7-5-18-10-14-22-15-11-18;3*3-1-2-4;;;/h3*1-3,8-16H;3*1-4H2;;;/q;;;;;;3*+2. The first-order valence-electron chi connectivity index (χ1n) is 24.5. The Morgan fingerprint density at radius 3 is 0.444 bits per heavy atom. The Morgan fingerprint density at radius 1 is 0.198 bits per heavy atom. The van der Waals surface area contributed by atoms with Gasteiger partial charge in [-0.1, -0.05) is 89.2 Å². The quantitative estimate of drug-likeness (QED) is 0.0819. The third kappa shape index (κ3) is 33.0. The zero-order chi connectivity index (χ0) is 55.4. The van der Waals surface area contributed by atoms with E-state index in [1.54, 1.807) is 74.4 Å². The van der Waals surface area contributed by atoms with Crippen LogP contribution < -0.4 is 34.4 Å². The van der Waals surface area contributed by atoms with Gasteiger partial charge in [-0.25, -0.2) is 0 Å². The molecule has 0 aliphatic heterocycles. The monoisotopic (exact) mass is 1340 g/mol. The van der Waals surface area contributed by atoms with Crippen LogP contribution in [0.4, 0.5) is 0 Å². The van der Waals surface area contributed by atoms with Crippen molar-refractivity contribution >= 4 is 0 Å². The van der Waals surface area contributed by atoms with Crippen molar-refractivity contribution in [2.75, 3.05) is 39.3 Å². The van der Waals surface area contributed by atoms with Gasteiger partial charge < -0.3 is 34.4 Å². The molecule has 0 saturated carbocycles. The van der Waals surface area contributed by atoms with Gasteiger partial charge in [0.15, 0.2) is 0 Å². The fraction of sp³-hybridized carbons (Fsp3) is 0.0909. The van der Waals surface area contributed by atoms with E-state index in [0.717, 1.165) is 66.8 Å². The van der Waals surface area contributed by atoms with Gasteiger partial charge in [0.25, 0.3) is 0 Å². The van der Waals surface area contributed by atoms with Crippen LogP contribution in [0, 0.1) is 71.0 Å². The van der Waals surface area contributed by atoms with Crippen molar-refractivity contribution in [3.8, 4) is 71.0 Å². The third-order valence-electron chi connectivity index (χ3n) is 9.28. The number of aromatic nitrogens is 6. The summed E-state index contributed by atoms with van der Waals surface area (Å²) in [6.45, 7) is 3.58. The molecule has 15 heteroatoms. The molecule has 12 nitrogen and oxygen atoms in total. The largest absolute Gasteiger partial charge is 2.00 e. The molecule has 0 bridgehead atoms. The minimum atomic E-state index is 0. The van der Waals surface area contributed by atoms with Gasteiger partial charge in [-0.15, -0.1) is 0 Å². The van der Waals surface area contributed by atoms with Crippen LogP contribution in [-0.4, -0.2) is 69.2 Å². The van der Waals surface area contributed by atoms with E-state index >= 15 is 0 Å². The predicted octanol–water partition coefficient (Wildman–Crippen LogP) is 6.53. The van der Waals surface area contributed by atoms with Gasteiger partial charge >= 0.3 is 61.3 Å². The van der Waals surface area contributed by atoms with Gasteiger partial charge in [0.05, 0.1) is 0 Å². The van der Waals surface area contributed by atoms with E-state index in [4.69, 9.17) is 34.4 Å². The molecular weight excluding hydrogens is 1280 g/mol. The van der Waals surface area contributed by atoms with Crippen LogP contribution in [0.15, 0.2) is 220 Å². The molecule has 9 rings (SSSR count). The van der Waals surface area contributed by atoms with Crippen molar-refractivity contribution in [3.63, 3.8) is 0 Å². The summed E-state index contributed by atoms with van der Waals surface area (Å²) in [4.78, 5) is 23.9. The molecule has 0 saturated heterocycles. The number of hydrogen-bond acceptors (Lipinski definition) is 12. The van der Waals surface area contributed by atoms with Gasteiger partial charge in [0.1, 0.15) is 0 Å². The van der Waals surface area contributed by atoms with Crippen molar-refractivity contribution in [2.24, 2.45) is 34.4 Å². The Morgan fingerprint density at radius 2 is 0.321 bits per heavy atom. The second kappa shape index (κ2) is 46.6. The number of nitrogens with two attached hydrogens (primary N) is 6. The number of nitrogens with zero attached hydrogens (tertiary/aromatic N) is 6. The van der Waals surface area contributed by atoms with Crippen molar-refractivity contribution in [3.05, 3.63) is 287 Å². The van der Waals surface area contributed by atoms with Gasteiger partial charge in [-0.05, 0) is 127 Å². The van der Waals surface area contributed by atoms with E-state index < -0.39 is 0 Å². The maximum Gasteiger partial charge on any atom is 2.00 e. The zero-order valence-electron chi connectivity index (χ0n) is 44.1. The van der Waals surface area contributed by atoms with E-state index in [1.807, 2.05) is 146 Å². The number of rotatable bonds is 3. The Labute approximate surface area is 518 Å². The van der Waals surface area contributed by atoms with Crippen LogP contribution in [0.2, 0.25) is 0 Å². The van der Waals surface area contributed by atoms with Crippen LogP contribution in [0.3, 0.4) is 0 Å². The van der Waals surface area contributed by atoms with E-state index in [0.29, 0.717) is 39.3 Å². The summed E-state index contributed by atoms with van der Waals surface area (Å²) >= 11 is 0. The fourth-order valence-electron chi connectivity index (χ4n) is 5.50. The van der Waals surface area contributed by atoms with Gasteiger partial charge in [-0.2, -0.15) is 0 Å². The smallest absolute Gasteiger partial charge is 0.329 e. The second-order valence-corrected chi connectivity index (χ2v) is 15.4. The molecule has 0 unspecified atom stereocenters. The first-order chi connectivity index (χ1) is 38.4. The van der Waals surface area contributed by atoms with Crippen LogP contribution >= 0.6 is 0 Å². The molecule has 6 heterocycles. The van der Waals surface area contributed by atoms with Crippen LogP contribution in [0.5, 0.6) is 0 Å². The van der Waals surface area contributed by atoms with E-state index in [1.165, 1.54) is 0 Å². The summed E-state index contributed by atoms with van der Waals surface area (Å²) in [6.07, 6.45) is 20.8. The van der Waals surface area contributed by atoms with Crippen molar-refractivity contribution < 1.29 is 61.3 Å². The Bertz CT molecular complexity index is 2910. The Kier molecular flexibility index (Phi) is 40.6. The first-order valence-corrected chi connectivity index (χ1v) is 24.5. The van der Waals surface area contributed by atoms with E-state index in [2.05, 4.69) is 101 Å². The first kappa shape index (κ1) is 70.7. The molecule has 0 atom stereocenters. The normalized spacial score (nSPS) is 8.52. The topological polar surface area (TPSA) is 233 Å². The summed E-state index contributed by atoms with van der Waals surface area (Å²) in [6, 6.07) is 46.4. The molecule has 9 aromatic rings. The third-order valence-corrected chi connectivity index (χ3v) is 9.28. The molecule has 408 valence electrons. The second-order valence-electron chi connectivity index (χ2n) is 15.4. The van der Waals surface area contributed by atoms with Crippen molar-refractivity contribution in [1.82, 2.24) is 29.9 Å². The average molecular weight is 1340 g/mol. The Balaban J connectivity index is 0.000000542. The summed E-state index contributed by atoms with van der Waals surface area (Å²) < 4.78 is 0. The number of hydrogen-bond donors (Lipinski definition) is 6. The molecule has 3 aromatic carbocycles. The minimum Gasteiger partial charge on any atom is -0.329 e. The molecular formula is C66H60N12Pd3+6. The van der Waals surface area contributed by atoms with Crippen LogP contribution in [0.25, 0.3) is 0 Å². The summed E-state index contributed by atoms with van der Waals surface area (Å²) in [7, 11) is 0. The molecule has 0 spiro atoms. The van der Waals surface area contributed by atoms with Gasteiger partial charge in [0, 0.05) is 180 Å². The summed E-state index contributed by atoms with van der Waals surface area (Å²) in [5.41, 5.74) is 40.8. The molecule has 0 aliphatic rings. The zero-order valence-corrected chi connectivity index (χ0v) is 48.8. The maximum absolute atomic E-state index is 4.90. The number of benzene rings is 3. The van der Waals surface area contributed by atoms with Crippen molar-refractivity contribution in [1.29, 1.82) is 0 Å². The predicted molar refractivity (Wildman–Crippen MR) is 315 cm³/mol. The molecule has 0 amide bonds. The molecule has 81 heavy (non-hydrogen) atoms. The van der Waals surface area contributed by atoms with Crippen LogP contribution in [-0.2, 0) is 61.3 Å². The molecule has 0 aliphatic carbocycles. The average Bonchev–Trinajstić information content (AvgIpc) is 3.52. The molecule has 0 fully saturated rings.